The summed E-state index contributed by atoms with van der Waals surface area (Å²) >= 11 is 2.77. The molecule has 0 aliphatic carbocycles. The summed E-state index contributed by atoms with van der Waals surface area (Å²) in [4.78, 5) is 34.0. The van der Waals surface area contributed by atoms with E-state index in [4.69, 9.17) is 0 Å². The molecule has 0 bridgehead atoms. The van der Waals surface area contributed by atoms with E-state index in [1.54, 1.807) is 11.8 Å². The van der Waals surface area contributed by atoms with Gasteiger partial charge < -0.3 is 14.6 Å². The first-order chi connectivity index (χ1) is 15.9. The third-order valence-electron chi connectivity index (χ3n) is 6.07. The highest BCUT2D eigenvalue weighted by molar-refractivity contribution is 7.14. The summed E-state index contributed by atoms with van der Waals surface area (Å²) in [5.41, 5.74) is 3.02. The van der Waals surface area contributed by atoms with Crippen molar-refractivity contribution in [2.24, 2.45) is 7.05 Å². The van der Waals surface area contributed by atoms with Crippen LogP contribution in [-0.4, -0.2) is 37.8 Å². The lowest BCUT2D eigenvalue weighted by molar-refractivity contribution is -0.129. The van der Waals surface area contributed by atoms with Gasteiger partial charge in [0.25, 0.3) is 5.91 Å². The number of amides is 1. The molecule has 8 heteroatoms. The number of Topliss-reactive ketones (excluding diaryl/α,β-unsaturated/α-hetero) is 1. The number of carbonyl (C=O) groups is 2. The molecule has 4 heterocycles. The summed E-state index contributed by atoms with van der Waals surface area (Å²) in [6.07, 6.45) is 2.69. The second-order valence-electron chi connectivity index (χ2n) is 8.19. The summed E-state index contributed by atoms with van der Waals surface area (Å²) in [6.45, 7) is 4.01. The average Bonchev–Trinajstić information content (AvgIpc) is 3.55. The first-order valence-electron chi connectivity index (χ1n) is 10.7. The molecular weight excluding hydrogens is 454 g/mol. The fraction of sp³-hybridized carbons (Fsp3) is 0.240. The van der Waals surface area contributed by atoms with E-state index >= 15 is 0 Å². The van der Waals surface area contributed by atoms with Crippen LogP contribution in [0.25, 0.3) is 10.9 Å². The maximum absolute atomic E-state index is 13.5. The van der Waals surface area contributed by atoms with Crippen LogP contribution in [-0.2, 0) is 18.3 Å². The lowest BCUT2D eigenvalue weighted by atomic mass is 10.00. The molecule has 0 fully saturated rings. The van der Waals surface area contributed by atoms with Crippen LogP contribution >= 0.6 is 22.7 Å². The Morgan fingerprint density at radius 1 is 1.18 bits per heavy atom. The molecule has 1 aromatic carbocycles. The van der Waals surface area contributed by atoms with E-state index < -0.39 is 17.7 Å². The Balaban J connectivity index is 1.51. The molecule has 1 amide bonds. The van der Waals surface area contributed by atoms with E-state index in [0.717, 1.165) is 26.4 Å². The van der Waals surface area contributed by atoms with Gasteiger partial charge >= 0.3 is 0 Å². The Bertz CT molecular complexity index is 1410. The van der Waals surface area contributed by atoms with Crippen molar-refractivity contribution < 1.29 is 14.7 Å². The predicted molar refractivity (Wildman–Crippen MR) is 131 cm³/mol. The minimum atomic E-state index is -0.609. The normalized spacial score (nSPS) is 16.4. The zero-order valence-electron chi connectivity index (χ0n) is 18.5. The van der Waals surface area contributed by atoms with Gasteiger partial charge in [0.2, 0.25) is 5.78 Å². The number of benzene rings is 1. The fourth-order valence-electron chi connectivity index (χ4n) is 4.59. The van der Waals surface area contributed by atoms with Crippen LogP contribution in [0.15, 0.2) is 59.3 Å². The van der Waals surface area contributed by atoms with E-state index in [1.807, 2.05) is 43.6 Å². The van der Waals surface area contributed by atoms with Gasteiger partial charge in [0.05, 0.1) is 27.2 Å². The summed E-state index contributed by atoms with van der Waals surface area (Å²) in [5.74, 6) is -1.28. The summed E-state index contributed by atoms with van der Waals surface area (Å²) in [6, 6.07) is 11.3. The van der Waals surface area contributed by atoms with Crippen molar-refractivity contribution in [3.8, 4) is 0 Å². The molecule has 4 aromatic rings. The maximum Gasteiger partial charge on any atom is 0.290 e. The van der Waals surface area contributed by atoms with Gasteiger partial charge in [0, 0.05) is 35.6 Å². The molecule has 1 N–H and O–H groups in total. The summed E-state index contributed by atoms with van der Waals surface area (Å²) in [7, 11) is 2.00. The molecule has 6 nitrogen and oxygen atoms in total. The number of aliphatic hydroxyl groups excluding tert-OH is 1. The number of aliphatic hydroxyl groups is 1. The van der Waals surface area contributed by atoms with Crippen molar-refractivity contribution >= 4 is 45.3 Å². The molecule has 0 radical (unpaired) electrons. The molecule has 0 saturated carbocycles. The molecule has 0 spiro atoms. The van der Waals surface area contributed by atoms with Crippen LogP contribution in [0.4, 0.5) is 0 Å². The highest BCUT2D eigenvalue weighted by Gasteiger charge is 2.44. The highest BCUT2D eigenvalue weighted by Crippen LogP contribution is 2.41. The standard InChI is InChI=1S/C25H23N3O3S2/c1-14-24(33-15(2)26-14)22(29)20-21(19-9-6-12-32-19)28(25(31)23(20)30)11-10-16-13-27(3)18-8-5-4-7-17(16)18/h4-9,12-13,21,30H,10-11H2,1-3H3. The van der Waals surface area contributed by atoms with Gasteiger partial charge in [0.1, 0.15) is 0 Å². The van der Waals surface area contributed by atoms with Crippen LogP contribution in [0.1, 0.15) is 36.9 Å². The minimum absolute atomic E-state index is 0.145. The number of hydrogen-bond donors (Lipinski definition) is 1. The predicted octanol–water partition coefficient (Wildman–Crippen LogP) is 5.13. The Morgan fingerprint density at radius 2 is 1.97 bits per heavy atom. The first kappa shape index (κ1) is 21.6. The average molecular weight is 478 g/mol. The Kier molecular flexibility index (Phi) is 5.42. The van der Waals surface area contributed by atoms with Crippen molar-refractivity contribution in [2.45, 2.75) is 26.3 Å². The lowest BCUT2D eigenvalue weighted by Crippen LogP contribution is -2.32. The number of thiazole rings is 1. The van der Waals surface area contributed by atoms with Gasteiger partial charge in [-0.3, -0.25) is 9.59 Å². The van der Waals surface area contributed by atoms with E-state index in [-0.39, 0.29) is 11.4 Å². The number of fused-ring (bicyclic) bond motifs is 1. The zero-order chi connectivity index (χ0) is 23.3. The molecule has 168 valence electrons. The number of hydrogen-bond acceptors (Lipinski definition) is 6. The van der Waals surface area contributed by atoms with Crippen LogP contribution in [0.3, 0.4) is 0 Å². The van der Waals surface area contributed by atoms with E-state index in [1.165, 1.54) is 22.7 Å². The first-order valence-corrected chi connectivity index (χ1v) is 12.4. The number of thiophene rings is 1. The van der Waals surface area contributed by atoms with Crippen LogP contribution < -0.4 is 0 Å². The summed E-state index contributed by atoms with van der Waals surface area (Å²) in [5, 5.41) is 14.7. The molecular formula is C25H23N3O3S2. The quantitative estimate of drug-likeness (QED) is 0.391. The molecule has 0 saturated heterocycles. The fourth-order valence-corrected chi connectivity index (χ4v) is 6.31. The van der Waals surface area contributed by atoms with Crippen molar-refractivity contribution in [3.63, 3.8) is 0 Å². The highest BCUT2D eigenvalue weighted by atomic mass is 32.1. The van der Waals surface area contributed by atoms with Crippen LogP contribution in [0.5, 0.6) is 0 Å². The van der Waals surface area contributed by atoms with Gasteiger partial charge in [-0.15, -0.1) is 22.7 Å². The lowest BCUT2D eigenvalue weighted by Gasteiger charge is -2.25. The number of rotatable bonds is 6. The SMILES string of the molecule is Cc1nc(C)c(C(=O)C2=C(O)C(=O)N(CCc3cn(C)c4ccccc34)C2c2cccs2)s1. The summed E-state index contributed by atoms with van der Waals surface area (Å²) < 4.78 is 2.08. The smallest absolute Gasteiger partial charge is 0.290 e. The third kappa shape index (κ3) is 3.59. The Morgan fingerprint density at radius 3 is 2.67 bits per heavy atom. The van der Waals surface area contributed by atoms with Crippen LogP contribution in [0.2, 0.25) is 0 Å². The van der Waals surface area contributed by atoms with Crippen molar-refractivity contribution in [1.29, 1.82) is 0 Å². The third-order valence-corrected chi connectivity index (χ3v) is 8.07. The second kappa shape index (κ2) is 8.28. The molecule has 1 aliphatic rings. The van der Waals surface area contributed by atoms with Crippen molar-refractivity contribution in [1.82, 2.24) is 14.5 Å². The van der Waals surface area contributed by atoms with Gasteiger partial charge in [-0.25, -0.2) is 4.98 Å². The van der Waals surface area contributed by atoms with Crippen molar-refractivity contribution in [3.05, 3.63) is 85.3 Å². The number of carbonyl (C=O) groups excluding carboxylic acids is 2. The van der Waals surface area contributed by atoms with Gasteiger partial charge in [-0.05, 0) is 43.3 Å². The number of nitrogens with zero attached hydrogens (tertiary/aromatic N) is 3. The zero-order valence-corrected chi connectivity index (χ0v) is 20.2. The Hall–Kier alpha value is -3.23. The number of para-hydroxylation sites is 1. The van der Waals surface area contributed by atoms with Gasteiger partial charge in [-0.1, -0.05) is 24.3 Å². The van der Waals surface area contributed by atoms with Gasteiger partial charge in [-0.2, -0.15) is 0 Å². The number of aromatic nitrogens is 2. The largest absolute Gasteiger partial charge is 0.503 e. The van der Waals surface area contributed by atoms with Crippen LogP contribution in [0, 0.1) is 13.8 Å². The van der Waals surface area contributed by atoms with Gasteiger partial charge in [0.15, 0.2) is 5.76 Å². The molecule has 33 heavy (non-hydrogen) atoms. The van der Waals surface area contributed by atoms with Crippen molar-refractivity contribution in [2.75, 3.05) is 6.54 Å². The molecule has 5 rings (SSSR count). The molecule has 1 aliphatic heterocycles. The monoisotopic (exact) mass is 477 g/mol. The molecule has 3 aromatic heterocycles. The minimum Gasteiger partial charge on any atom is -0.503 e. The molecule has 1 unspecified atom stereocenters. The van der Waals surface area contributed by atoms with E-state index in [2.05, 4.69) is 27.9 Å². The topological polar surface area (TPSA) is 75.4 Å². The Labute approximate surface area is 199 Å². The maximum atomic E-state index is 13.5. The van der Waals surface area contributed by atoms with E-state index in [0.29, 0.717) is 23.5 Å². The second-order valence-corrected chi connectivity index (χ2v) is 10.4. The number of aryl methyl sites for hydroxylation is 3. The van der Waals surface area contributed by atoms with E-state index in [9.17, 15) is 14.7 Å². The number of ketones is 1. The molecule has 1 atom stereocenters.